The van der Waals surface area contributed by atoms with E-state index in [-0.39, 0.29) is 16.7 Å². The molecule has 0 spiro atoms. The van der Waals surface area contributed by atoms with E-state index in [9.17, 15) is 8.42 Å². The summed E-state index contributed by atoms with van der Waals surface area (Å²) in [6.45, 7) is 0. The maximum absolute atomic E-state index is 11.6. The van der Waals surface area contributed by atoms with Crippen molar-refractivity contribution in [1.29, 1.82) is 0 Å². The van der Waals surface area contributed by atoms with Crippen LogP contribution in [-0.2, 0) is 10.0 Å². The first-order valence-electron chi connectivity index (χ1n) is 5.23. The molecule has 0 saturated heterocycles. The molecule has 0 aromatic heterocycles. The molecule has 0 heterocycles. The summed E-state index contributed by atoms with van der Waals surface area (Å²) in [4.78, 5) is 0. The van der Waals surface area contributed by atoms with Crippen molar-refractivity contribution in [3.8, 4) is 0 Å². The Morgan fingerprint density at radius 2 is 1.57 bits per heavy atom. The van der Waals surface area contributed by atoms with Gasteiger partial charge in [0.2, 0.25) is 10.0 Å². The van der Waals surface area contributed by atoms with Gasteiger partial charge >= 0.3 is 0 Å². The van der Waals surface area contributed by atoms with Gasteiger partial charge in [0.1, 0.15) is 0 Å². The Morgan fingerprint density at radius 3 is 2.07 bits per heavy atom. The van der Waals surface area contributed by atoms with Crippen molar-refractivity contribution in [2.75, 3.05) is 0 Å². The molecule has 1 N–H and O–H groups in total. The minimum Gasteiger partial charge on any atom is -0.212 e. The van der Waals surface area contributed by atoms with Gasteiger partial charge in [-0.3, -0.25) is 0 Å². The first-order chi connectivity index (χ1) is 6.58. The van der Waals surface area contributed by atoms with Crippen molar-refractivity contribution in [3.63, 3.8) is 0 Å². The molecule has 2 aliphatic rings. The van der Waals surface area contributed by atoms with Crippen molar-refractivity contribution in [2.45, 2.75) is 55.2 Å². The summed E-state index contributed by atoms with van der Waals surface area (Å²) in [5.41, 5.74) is 0. The number of halogens is 1. The van der Waals surface area contributed by atoms with E-state index >= 15 is 0 Å². The van der Waals surface area contributed by atoms with Crippen LogP contribution in [0.5, 0.6) is 0 Å². The second-order valence-electron chi connectivity index (χ2n) is 4.31. The fourth-order valence-corrected chi connectivity index (χ4v) is 3.78. The number of nitrogens with one attached hydrogen (secondary N) is 1. The standard InChI is InChI=1S/C9H16ClNO2S/c10-7-1-3-8(4-2-7)11-14(12,13)9-5-6-9/h7-9,11H,1-6H2. The third-order valence-electron chi connectivity index (χ3n) is 2.95. The number of rotatable bonds is 3. The molecule has 2 fully saturated rings. The van der Waals surface area contributed by atoms with Crippen LogP contribution < -0.4 is 4.72 Å². The number of alkyl halides is 1. The molecule has 0 amide bonds. The van der Waals surface area contributed by atoms with Gasteiger partial charge in [0.15, 0.2) is 0 Å². The van der Waals surface area contributed by atoms with Gasteiger partial charge in [-0.1, -0.05) is 0 Å². The maximum Gasteiger partial charge on any atom is 0.214 e. The quantitative estimate of drug-likeness (QED) is 0.759. The SMILES string of the molecule is O=S(=O)(NC1CCC(Cl)CC1)C1CC1. The summed E-state index contributed by atoms with van der Waals surface area (Å²) >= 11 is 5.95. The molecule has 14 heavy (non-hydrogen) atoms. The molecule has 0 unspecified atom stereocenters. The Bertz CT molecular complexity index is 292. The van der Waals surface area contributed by atoms with Crippen molar-refractivity contribution in [2.24, 2.45) is 0 Å². The van der Waals surface area contributed by atoms with Crippen LogP contribution in [0.2, 0.25) is 0 Å². The monoisotopic (exact) mass is 237 g/mol. The molecule has 0 aliphatic heterocycles. The molecule has 2 aliphatic carbocycles. The Hall–Kier alpha value is 0.200. The average Bonchev–Trinajstić information content (AvgIpc) is 2.91. The van der Waals surface area contributed by atoms with E-state index in [4.69, 9.17) is 11.6 Å². The van der Waals surface area contributed by atoms with E-state index in [1.165, 1.54) is 0 Å². The van der Waals surface area contributed by atoms with Gasteiger partial charge in [0, 0.05) is 11.4 Å². The molecule has 0 aromatic rings. The van der Waals surface area contributed by atoms with Crippen LogP contribution in [0.4, 0.5) is 0 Å². The number of sulfonamides is 1. The predicted molar refractivity (Wildman–Crippen MR) is 57.0 cm³/mol. The normalized spacial score (nSPS) is 34.4. The van der Waals surface area contributed by atoms with E-state index in [2.05, 4.69) is 4.72 Å². The van der Waals surface area contributed by atoms with E-state index in [0.29, 0.717) is 0 Å². The van der Waals surface area contributed by atoms with Crippen LogP contribution in [0.15, 0.2) is 0 Å². The van der Waals surface area contributed by atoms with Gasteiger partial charge in [-0.25, -0.2) is 13.1 Å². The molecule has 5 heteroatoms. The zero-order valence-corrected chi connectivity index (χ0v) is 9.65. The van der Waals surface area contributed by atoms with E-state index in [1.54, 1.807) is 0 Å². The van der Waals surface area contributed by atoms with Crippen LogP contribution in [0, 0.1) is 0 Å². The van der Waals surface area contributed by atoms with Gasteiger partial charge in [-0.15, -0.1) is 11.6 Å². The molecular formula is C9H16ClNO2S. The smallest absolute Gasteiger partial charge is 0.212 e. The van der Waals surface area contributed by atoms with Crippen LogP contribution in [-0.4, -0.2) is 25.1 Å². The lowest BCUT2D eigenvalue weighted by atomic mass is 9.96. The van der Waals surface area contributed by atoms with Crippen LogP contribution >= 0.6 is 11.6 Å². The largest absolute Gasteiger partial charge is 0.214 e. The molecule has 0 aromatic carbocycles. The van der Waals surface area contributed by atoms with Gasteiger partial charge in [0.05, 0.1) is 5.25 Å². The third kappa shape index (κ3) is 2.61. The minimum atomic E-state index is -3.00. The first-order valence-corrected chi connectivity index (χ1v) is 7.21. The summed E-state index contributed by atoms with van der Waals surface area (Å²) < 4.78 is 26.0. The highest BCUT2D eigenvalue weighted by atomic mass is 35.5. The predicted octanol–water partition coefficient (Wildman–Crippen LogP) is 1.62. The summed E-state index contributed by atoms with van der Waals surface area (Å²) in [5.74, 6) is 0. The highest BCUT2D eigenvalue weighted by Crippen LogP contribution is 2.29. The van der Waals surface area contributed by atoms with E-state index in [1.807, 2.05) is 0 Å². The van der Waals surface area contributed by atoms with Crippen LogP contribution in [0.3, 0.4) is 0 Å². The van der Waals surface area contributed by atoms with Gasteiger partial charge < -0.3 is 0 Å². The maximum atomic E-state index is 11.6. The van der Waals surface area contributed by atoms with Gasteiger partial charge in [-0.2, -0.15) is 0 Å². The summed E-state index contributed by atoms with van der Waals surface area (Å²) in [7, 11) is -3.00. The Balaban J connectivity index is 1.85. The first kappa shape index (κ1) is 10.7. The summed E-state index contributed by atoms with van der Waals surface area (Å²) in [6, 6.07) is 0.135. The summed E-state index contributed by atoms with van der Waals surface area (Å²) in [5, 5.41) is 0.146. The van der Waals surface area contributed by atoms with Gasteiger partial charge in [-0.05, 0) is 38.5 Å². The lowest BCUT2D eigenvalue weighted by Crippen LogP contribution is -2.39. The minimum absolute atomic E-state index is 0.101. The van der Waals surface area contributed by atoms with Gasteiger partial charge in [0.25, 0.3) is 0 Å². The second-order valence-corrected chi connectivity index (χ2v) is 6.92. The van der Waals surface area contributed by atoms with Crippen LogP contribution in [0.1, 0.15) is 38.5 Å². The fourth-order valence-electron chi connectivity index (χ4n) is 1.88. The lowest BCUT2D eigenvalue weighted by Gasteiger charge is -2.25. The molecule has 2 rings (SSSR count). The molecule has 82 valence electrons. The van der Waals surface area contributed by atoms with Crippen molar-refractivity contribution in [3.05, 3.63) is 0 Å². The zero-order chi connectivity index (χ0) is 10.2. The van der Waals surface area contributed by atoms with Crippen molar-refractivity contribution in [1.82, 2.24) is 4.72 Å². The summed E-state index contributed by atoms with van der Waals surface area (Å²) in [6.07, 6.45) is 5.30. The molecule has 2 saturated carbocycles. The van der Waals surface area contributed by atoms with E-state index < -0.39 is 10.0 Å². The fraction of sp³-hybridized carbons (Fsp3) is 1.00. The number of hydrogen-bond acceptors (Lipinski definition) is 2. The average molecular weight is 238 g/mol. The molecule has 3 nitrogen and oxygen atoms in total. The van der Waals surface area contributed by atoms with E-state index in [0.717, 1.165) is 38.5 Å². The third-order valence-corrected chi connectivity index (χ3v) is 5.40. The Morgan fingerprint density at radius 1 is 1.00 bits per heavy atom. The highest BCUT2D eigenvalue weighted by Gasteiger charge is 2.37. The zero-order valence-electron chi connectivity index (χ0n) is 8.08. The Labute approximate surface area is 90.3 Å². The molecule has 0 atom stereocenters. The molecule has 0 radical (unpaired) electrons. The lowest BCUT2D eigenvalue weighted by molar-refractivity contribution is 0.416. The molecular weight excluding hydrogens is 222 g/mol. The topological polar surface area (TPSA) is 46.2 Å². The molecule has 0 bridgehead atoms. The van der Waals surface area contributed by atoms with Crippen LogP contribution in [0.25, 0.3) is 0 Å². The second kappa shape index (κ2) is 3.99. The highest BCUT2D eigenvalue weighted by molar-refractivity contribution is 7.90. The Kier molecular flexibility index (Phi) is 3.05. The van der Waals surface area contributed by atoms with Crippen molar-refractivity contribution < 1.29 is 8.42 Å². The van der Waals surface area contributed by atoms with Crippen molar-refractivity contribution >= 4 is 21.6 Å². The number of hydrogen-bond donors (Lipinski definition) is 1.